The van der Waals surface area contributed by atoms with E-state index >= 15 is 0 Å². The first-order chi connectivity index (χ1) is 6.27. The molecule has 0 saturated heterocycles. The maximum absolute atomic E-state index is 8.47. The van der Waals surface area contributed by atoms with Crippen LogP contribution < -0.4 is 5.32 Å². The van der Waals surface area contributed by atoms with Crippen LogP contribution in [0.4, 0.5) is 0 Å². The number of aliphatic hydroxyl groups is 2. The van der Waals surface area contributed by atoms with E-state index in [1.54, 1.807) is 0 Å². The van der Waals surface area contributed by atoms with Gasteiger partial charge in [0.2, 0.25) is 6.41 Å². The highest BCUT2D eigenvalue weighted by molar-refractivity contribution is 4.47. The van der Waals surface area contributed by atoms with Gasteiger partial charge in [0.05, 0.1) is 0 Å². The van der Waals surface area contributed by atoms with E-state index in [1.807, 2.05) is 0 Å². The first kappa shape index (κ1) is 12.9. The van der Waals surface area contributed by atoms with Gasteiger partial charge in [-0.2, -0.15) is 0 Å². The normalized spacial score (nSPS) is 11.1. The van der Waals surface area contributed by atoms with E-state index in [1.165, 1.54) is 38.5 Å². The second-order valence-corrected chi connectivity index (χ2v) is 3.45. The van der Waals surface area contributed by atoms with Crippen LogP contribution in [-0.4, -0.2) is 23.2 Å². The first-order valence-corrected chi connectivity index (χ1v) is 5.37. The number of aliphatic hydroxyl groups excluding tert-OH is 1. The summed E-state index contributed by atoms with van der Waals surface area (Å²) in [6.07, 6.45) is 7.42. The number of hydrogen-bond donors (Lipinski definition) is 3. The van der Waals surface area contributed by atoms with Gasteiger partial charge < -0.3 is 10.2 Å². The van der Waals surface area contributed by atoms with Gasteiger partial charge in [-0.05, 0) is 13.0 Å². The molecule has 0 aromatic carbocycles. The van der Waals surface area contributed by atoms with Gasteiger partial charge in [-0.3, -0.25) is 5.32 Å². The van der Waals surface area contributed by atoms with Crippen molar-refractivity contribution in [2.24, 2.45) is 0 Å². The Labute approximate surface area is 81.2 Å². The van der Waals surface area contributed by atoms with Crippen LogP contribution in [0, 0.1) is 0 Å². The van der Waals surface area contributed by atoms with Crippen molar-refractivity contribution in [3.8, 4) is 0 Å². The third-order valence-corrected chi connectivity index (χ3v) is 2.11. The smallest absolute Gasteiger partial charge is 0.210 e. The van der Waals surface area contributed by atoms with Crippen LogP contribution in [0.3, 0.4) is 0 Å². The van der Waals surface area contributed by atoms with E-state index in [-0.39, 0.29) is 0 Å². The Morgan fingerprint density at radius 2 is 1.46 bits per heavy atom. The molecule has 13 heavy (non-hydrogen) atoms. The largest absolute Gasteiger partial charge is 0.356 e. The van der Waals surface area contributed by atoms with Crippen LogP contribution in [0.1, 0.15) is 51.9 Å². The molecule has 0 aromatic heterocycles. The van der Waals surface area contributed by atoms with Gasteiger partial charge in [-0.15, -0.1) is 0 Å². The van der Waals surface area contributed by atoms with E-state index in [2.05, 4.69) is 12.2 Å². The van der Waals surface area contributed by atoms with Crippen LogP contribution in [0.15, 0.2) is 0 Å². The summed E-state index contributed by atoms with van der Waals surface area (Å²) in [6, 6.07) is 0. The van der Waals surface area contributed by atoms with Gasteiger partial charge in [0.25, 0.3) is 0 Å². The minimum atomic E-state index is -1.35. The molecular formula is C10H23NO2. The Hall–Kier alpha value is -0.120. The highest BCUT2D eigenvalue weighted by atomic mass is 16.5. The summed E-state index contributed by atoms with van der Waals surface area (Å²) in [5, 5.41) is 19.5. The van der Waals surface area contributed by atoms with E-state index in [0.29, 0.717) is 6.54 Å². The number of rotatable bonds is 9. The van der Waals surface area contributed by atoms with E-state index in [9.17, 15) is 0 Å². The monoisotopic (exact) mass is 189 g/mol. The third kappa shape index (κ3) is 11.9. The second-order valence-electron chi connectivity index (χ2n) is 3.45. The SMILES string of the molecule is CCCCCCCCCNC(O)O. The van der Waals surface area contributed by atoms with Crippen molar-refractivity contribution >= 4 is 0 Å². The summed E-state index contributed by atoms with van der Waals surface area (Å²) >= 11 is 0. The summed E-state index contributed by atoms with van der Waals surface area (Å²) in [7, 11) is 0. The molecular weight excluding hydrogens is 166 g/mol. The first-order valence-electron chi connectivity index (χ1n) is 5.37. The Morgan fingerprint density at radius 3 is 2.00 bits per heavy atom. The molecule has 0 heterocycles. The molecule has 80 valence electrons. The van der Waals surface area contributed by atoms with Crippen molar-refractivity contribution in [3.05, 3.63) is 0 Å². The zero-order chi connectivity index (χ0) is 9.94. The summed E-state index contributed by atoms with van der Waals surface area (Å²) in [6.45, 7) is 2.91. The molecule has 0 unspecified atom stereocenters. The predicted molar refractivity (Wildman–Crippen MR) is 54.2 cm³/mol. The molecule has 0 aliphatic rings. The Morgan fingerprint density at radius 1 is 0.923 bits per heavy atom. The van der Waals surface area contributed by atoms with Crippen molar-refractivity contribution < 1.29 is 10.2 Å². The van der Waals surface area contributed by atoms with Gasteiger partial charge in [-0.25, -0.2) is 0 Å². The molecule has 3 N–H and O–H groups in total. The van der Waals surface area contributed by atoms with Gasteiger partial charge in [0.1, 0.15) is 0 Å². The molecule has 0 aromatic rings. The maximum atomic E-state index is 8.47. The predicted octanol–water partition coefficient (Wildman–Crippen LogP) is 1.59. The summed E-state index contributed by atoms with van der Waals surface area (Å²) in [5.41, 5.74) is 0. The van der Waals surface area contributed by atoms with Crippen molar-refractivity contribution in [1.29, 1.82) is 0 Å². The average molecular weight is 189 g/mol. The van der Waals surface area contributed by atoms with Crippen molar-refractivity contribution in [2.75, 3.05) is 6.54 Å². The Balaban J connectivity index is 2.84. The summed E-state index contributed by atoms with van der Waals surface area (Å²) < 4.78 is 0. The van der Waals surface area contributed by atoms with E-state index in [0.717, 1.165) is 6.42 Å². The molecule has 0 spiro atoms. The van der Waals surface area contributed by atoms with Gasteiger partial charge in [0.15, 0.2) is 0 Å². The molecule has 0 atom stereocenters. The fourth-order valence-electron chi connectivity index (χ4n) is 1.31. The highest BCUT2D eigenvalue weighted by Gasteiger charge is 1.94. The second kappa shape index (κ2) is 9.96. The van der Waals surface area contributed by atoms with E-state index in [4.69, 9.17) is 10.2 Å². The van der Waals surface area contributed by atoms with Crippen LogP contribution in [-0.2, 0) is 0 Å². The number of nitrogens with one attached hydrogen (secondary N) is 1. The third-order valence-electron chi connectivity index (χ3n) is 2.11. The molecule has 0 aliphatic carbocycles. The lowest BCUT2D eigenvalue weighted by atomic mass is 10.1. The summed E-state index contributed by atoms with van der Waals surface area (Å²) in [4.78, 5) is 0. The lowest BCUT2D eigenvalue weighted by Crippen LogP contribution is -2.28. The minimum absolute atomic E-state index is 0.700. The molecule has 3 nitrogen and oxygen atoms in total. The lowest BCUT2D eigenvalue weighted by Gasteiger charge is -2.05. The zero-order valence-corrected chi connectivity index (χ0v) is 8.63. The molecule has 0 rings (SSSR count). The molecule has 0 amide bonds. The topological polar surface area (TPSA) is 52.5 Å². The van der Waals surface area contributed by atoms with Crippen LogP contribution >= 0.6 is 0 Å². The molecule has 0 aliphatic heterocycles. The van der Waals surface area contributed by atoms with Gasteiger partial charge in [-0.1, -0.05) is 45.4 Å². The quantitative estimate of drug-likeness (QED) is 0.381. The minimum Gasteiger partial charge on any atom is -0.356 e. The molecule has 0 saturated carbocycles. The maximum Gasteiger partial charge on any atom is 0.210 e. The number of hydrogen-bond acceptors (Lipinski definition) is 3. The fraction of sp³-hybridized carbons (Fsp3) is 1.00. The van der Waals surface area contributed by atoms with Gasteiger partial charge >= 0.3 is 0 Å². The molecule has 0 fully saturated rings. The summed E-state index contributed by atoms with van der Waals surface area (Å²) in [5.74, 6) is 0. The molecule has 0 bridgehead atoms. The average Bonchev–Trinajstić information content (AvgIpc) is 2.09. The highest BCUT2D eigenvalue weighted by Crippen LogP contribution is 2.06. The van der Waals surface area contributed by atoms with Gasteiger partial charge in [0, 0.05) is 0 Å². The van der Waals surface area contributed by atoms with E-state index < -0.39 is 6.41 Å². The van der Waals surface area contributed by atoms with Crippen molar-refractivity contribution in [3.63, 3.8) is 0 Å². The van der Waals surface area contributed by atoms with Crippen LogP contribution in [0.2, 0.25) is 0 Å². The molecule has 3 heteroatoms. The number of unbranched alkanes of at least 4 members (excludes halogenated alkanes) is 6. The Bertz CT molecular complexity index is 96.9. The van der Waals surface area contributed by atoms with Crippen molar-refractivity contribution in [2.45, 2.75) is 58.3 Å². The van der Waals surface area contributed by atoms with Crippen LogP contribution in [0.25, 0.3) is 0 Å². The lowest BCUT2D eigenvalue weighted by molar-refractivity contribution is -0.0655. The van der Waals surface area contributed by atoms with Crippen LogP contribution in [0.5, 0.6) is 0 Å². The molecule has 0 radical (unpaired) electrons. The Kier molecular flexibility index (Phi) is 9.87. The standard InChI is InChI=1S/C10H23NO2/c1-2-3-4-5-6-7-8-9-11-10(12)13/h10-13H,2-9H2,1H3. The fourth-order valence-corrected chi connectivity index (χ4v) is 1.31. The van der Waals surface area contributed by atoms with Crippen molar-refractivity contribution in [1.82, 2.24) is 5.32 Å². The zero-order valence-electron chi connectivity index (χ0n) is 8.63.